The standard InChI is InChI=1S/C27H42N8O4S/c1-16-9-11-18(12-10-16)14-35-21-22(28-17(2)19-6-4-7-19)29-24(25-32-27(36)39-33-25)30-23(21)31-26(35)34-13-5-8-20(34)15-40(3,37)38/h16-20,23,28H,4-15H2,1-3H3,(H,29,30)(H,32,33,36)/t16-,17-,18-,20?,23+/m1/s1. The number of guanidine groups is 1. The predicted octanol–water partition coefficient (Wildman–Crippen LogP) is 1.99. The molecule has 12 nitrogen and oxygen atoms in total. The summed E-state index contributed by atoms with van der Waals surface area (Å²) >= 11 is 0. The smallest absolute Gasteiger partial charge is 0.366 e. The lowest BCUT2D eigenvalue weighted by atomic mass is 9.80. The maximum absolute atomic E-state index is 12.3. The Labute approximate surface area is 235 Å². The van der Waals surface area contributed by atoms with Crippen molar-refractivity contribution in [1.29, 1.82) is 0 Å². The molecule has 13 heteroatoms. The van der Waals surface area contributed by atoms with E-state index < -0.39 is 21.8 Å². The van der Waals surface area contributed by atoms with Crippen LogP contribution in [-0.4, -0.2) is 83.5 Å². The number of aromatic amines is 1. The molecule has 5 aliphatic rings. The number of hydrogen-bond donors (Lipinski definition) is 3. The van der Waals surface area contributed by atoms with Crippen molar-refractivity contribution in [3.63, 3.8) is 0 Å². The normalized spacial score (nSPS) is 30.0. The molecule has 1 aromatic rings. The Hall–Kier alpha value is -2.83. The minimum absolute atomic E-state index is 0.110. The zero-order valence-corrected chi connectivity index (χ0v) is 24.5. The first-order valence-corrected chi connectivity index (χ1v) is 16.9. The summed E-state index contributed by atoms with van der Waals surface area (Å²) in [6, 6.07) is 0.114. The predicted molar refractivity (Wildman–Crippen MR) is 152 cm³/mol. The molecule has 220 valence electrons. The van der Waals surface area contributed by atoms with E-state index in [1.165, 1.54) is 51.2 Å². The fourth-order valence-electron chi connectivity index (χ4n) is 6.82. The second kappa shape index (κ2) is 10.9. The summed E-state index contributed by atoms with van der Waals surface area (Å²) in [5.74, 6) is 3.50. The third-order valence-electron chi connectivity index (χ3n) is 9.37. The lowest BCUT2D eigenvalue weighted by Crippen LogP contribution is -2.50. The van der Waals surface area contributed by atoms with Gasteiger partial charge >= 0.3 is 5.76 Å². The molecule has 3 aliphatic heterocycles. The Morgan fingerprint density at radius 1 is 1.12 bits per heavy atom. The fourth-order valence-corrected chi connectivity index (χ4v) is 7.87. The van der Waals surface area contributed by atoms with Crippen LogP contribution in [0.2, 0.25) is 0 Å². The van der Waals surface area contributed by atoms with Crippen LogP contribution in [0, 0.1) is 17.8 Å². The average Bonchev–Trinajstić information content (AvgIpc) is 3.57. The quantitative estimate of drug-likeness (QED) is 0.424. The molecule has 0 bridgehead atoms. The van der Waals surface area contributed by atoms with Crippen LogP contribution in [0.5, 0.6) is 0 Å². The van der Waals surface area contributed by atoms with E-state index in [9.17, 15) is 13.2 Å². The number of hydrogen-bond acceptors (Lipinski definition) is 11. The molecule has 1 aromatic heterocycles. The summed E-state index contributed by atoms with van der Waals surface area (Å²) in [5, 5.41) is 11.0. The van der Waals surface area contributed by atoms with Crippen molar-refractivity contribution in [2.75, 3.05) is 25.1 Å². The van der Waals surface area contributed by atoms with Gasteiger partial charge in [-0.15, -0.1) is 0 Å². The highest BCUT2D eigenvalue weighted by Gasteiger charge is 2.44. The zero-order valence-electron chi connectivity index (χ0n) is 23.7. The van der Waals surface area contributed by atoms with Crippen molar-refractivity contribution in [1.82, 2.24) is 30.6 Å². The molecule has 2 aliphatic carbocycles. The molecule has 6 rings (SSSR count). The maximum Gasteiger partial charge on any atom is 0.439 e. The van der Waals surface area contributed by atoms with Gasteiger partial charge in [0.1, 0.15) is 15.5 Å². The number of likely N-dealkylation sites (tertiary alicyclic amines) is 1. The summed E-state index contributed by atoms with van der Waals surface area (Å²) in [4.78, 5) is 29.0. The lowest BCUT2D eigenvalue weighted by Gasteiger charge is -2.38. The molecule has 0 spiro atoms. The first-order chi connectivity index (χ1) is 19.1. The van der Waals surface area contributed by atoms with Crippen LogP contribution in [0.3, 0.4) is 0 Å². The molecule has 0 amide bonds. The topological polar surface area (TPSA) is 148 Å². The SMILES string of the molecule is C[C@@H](NC1=C2[C@H](N=C(N3CCCC3CS(C)(=O)=O)N2C[C@H]2CC[C@H](C)CC2)NC(c2noc(=O)[nH]2)=N1)C1CCC1. The van der Waals surface area contributed by atoms with Gasteiger partial charge in [0.05, 0.1) is 5.75 Å². The molecule has 0 radical (unpaired) electrons. The minimum Gasteiger partial charge on any atom is -0.366 e. The molecule has 1 saturated heterocycles. The van der Waals surface area contributed by atoms with Gasteiger partial charge in [0, 0.05) is 31.4 Å². The number of nitrogens with zero attached hydrogens (tertiary/aromatic N) is 5. The highest BCUT2D eigenvalue weighted by molar-refractivity contribution is 7.90. The summed E-state index contributed by atoms with van der Waals surface area (Å²) < 4.78 is 29.4. The van der Waals surface area contributed by atoms with Crippen molar-refractivity contribution in [2.45, 2.75) is 89.9 Å². The van der Waals surface area contributed by atoms with E-state index in [0.29, 0.717) is 17.7 Å². The molecular formula is C27H42N8O4S. The number of H-pyrrole nitrogens is 1. The van der Waals surface area contributed by atoms with E-state index in [1.807, 2.05) is 0 Å². The molecular weight excluding hydrogens is 532 g/mol. The molecule has 2 saturated carbocycles. The third kappa shape index (κ3) is 5.66. The van der Waals surface area contributed by atoms with Crippen LogP contribution in [-0.2, 0) is 9.84 Å². The molecule has 40 heavy (non-hydrogen) atoms. The van der Waals surface area contributed by atoms with Crippen LogP contribution in [0.1, 0.15) is 77.5 Å². The summed E-state index contributed by atoms with van der Waals surface area (Å²) in [7, 11) is -3.15. The molecule has 4 heterocycles. The first-order valence-electron chi connectivity index (χ1n) is 14.9. The van der Waals surface area contributed by atoms with Crippen LogP contribution in [0.4, 0.5) is 0 Å². The summed E-state index contributed by atoms with van der Waals surface area (Å²) in [6.45, 7) is 6.11. The number of amidine groups is 1. The zero-order chi connectivity index (χ0) is 28.0. The van der Waals surface area contributed by atoms with Gasteiger partial charge in [-0.2, -0.15) is 0 Å². The number of fused-ring (bicyclic) bond motifs is 1. The van der Waals surface area contributed by atoms with Crippen LogP contribution in [0.15, 0.2) is 30.8 Å². The van der Waals surface area contributed by atoms with Gasteiger partial charge in [-0.05, 0) is 63.2 Å². The van der Waals surface area contributed by atoms with Gasteiger partial charge in [0.15, 0.2) is 17.8 Å². The Bertz CT molecular complexity index is 1350. The Balaban J connectivity index is 1.39. The Kier molecular flexibility index (Phi) is 7.43. The Morgan fingerprint density at radius 3 is 2.55 bits per heavy atom. The van der Waals surface area contributed by atoms with E-state index in [0.717, 1.165) is 49.3 Å². The van der Waals surface area contributed by atoms with Gasteiger partial charge < -0.3 is 20.4 Å². The number of rotatable bonds is 8. The number of aromatic nitrogens is 2. The van der Waals surface area contributed by atoms with Crippen molar-refractivity contribution in [3.05, 3.63) is 27.9 Å². The highest BCUT2D eigenvalue weighted by atomic mass is 32.2. The highest BCUT2D eigenvalue weighted by Crippen LogP contribution is 2.37. The molecule has 3 atom stereocenters. The largest absolute Gasteiger partial charge is 0.439 e. The summed E-state index contributed by atoms with van der Waals surface area (Å²) in [6.07, 6.45) is 11.0. The lowest BCUT2D eigenvalue weighted by molar-refractivity contribution is 0.235. The summed E-state index contributed by atoms with van der Waals surface area (Å²) in [5.41, 5.74) is 0.958. The molecule has 3 fully saturated rings. The second-order valence-electron chi connectivity index (χ2n) is 12.6. The number of sulfone groups is 1. The van der Waals surface area contributed by atoms with Crippen LogP contribution < -0.4 is 16.4 Å². The van der Waals surface area contributed by atoms with Crippen molar-refractivity contribution >= 4 is 21.6 Å². The monoisotopic (exact) mass is 574 g/mol. The Morgan fingerprint density at radius 2 is 1.90 bits per heavy atom. The van der Waals surface area contributed by atoms with Crippen molar-refractivity contribution in [3.8, 4) is 0 Å². The van der Waals surface area contributed by atoms with E-state index in [4.69, 9.17) is 14.5 Å². The van der Waals surface area contributed by atoms with Crippen LogP contribution >= 0.6 is 0 Å². The van der Waals surface area contributed by atoms with Gasteiger partial charge in [-0.1, -0.05) is 31.3 Å². The fraction of sp³-hybridized carbons (Fsp3) is 0.778. The number of aliphatic imine (C=N–C) groups is 2. The molecule has 1 unspecified atom stereocenters. The molecule has 3 N–H and O–H groups in total. The van der Waals surface area contributed by atoms with Gasteiger partial charge in [-0.3, -0.25) is 9.51 Å². The van der Waals surface area contributed by atoms with Crippen molar-refractivity contribution < 1.29 is 12.9 Å². The van der Waals surface area contributed by atoms with Gasteiger partial charge in [-0.25, -0.2) is 23.2 Å². The third-order valence-corrected chi connectivity index (χ3v) is 10.4. The molecule has 0 aromatic carbocycles. The van der Waals surface area contributed by atoms with E-state index in [-0.39, 0.29) is 23.7 Å². The minimum atomic E-state index is -3.15. The van der Waals surface area contributed by atoms with E-state index >= 15 is 0 Å². The number of nitrogens with one attached hydrogen (secondary N) is 3. The van der Waals surface area contributed by atoms with Gasteiger partial charge in [0.2, 0.25) is 11.8 Å². The van der Waals surface area contributed by atoms with Crippen molar-refractivity contribution in [2.24, 2.45) is 27.7 Å². The first kappa shape index (κ1) is 27.3. The average molecular weight is 575 g/mol. The maximum atomic E-state index is 12.3. The van der Waals surface area contributed by atoms with E-state index in [1.54, 1.807) is 0 Å². The second-order valence-corrected chi connectivity index (χ2v) is 14.7. The van der Waals surface area contributed by atoms with E-state index in [2.05, 4.69) is 44.4 Å². The van der Waals surface area contributed by atoms with Gasteiger partial charge in [0.25, 0.3) is 0 Å². The van der Waals surface area contributed by atoms with Crippen LogP contribution in [0.25, 0.3) is 0 Å².